The van der Waals surface area contributed by atoms with E-state index in [0.29, 0.717) is 42.5 Å². The van der Waals surface area contributed by atoms with Crippen molar-refractivity contribution in [1.29, 1.82) is 0 Å². The van der Waals surface area contributed by atoms with Crippen LogP contribution in [0.25, 0.3) is 11.0 Å². The zero-order valence-corrected chi connectivity index (χ0v) is 35.9. The number of aliphatic hydroxyl groups is 1. The lowest BCUT2D eigenvalue weighted by molar-refractivity contribution is -0.262. The van der Waals surface area contributed by atoms with Crippen LogP contribution in [0.3, 0.4) is 0 Å². The van der Waals surface area contributed by atoms with Crippen molar-refractivity contribution >= 4 is 45.9 Å². The maximum absolute atomic E-state index is 11.8. The van der Waals surface area contributed by atoms with Crippen LogP contribution in [-0.2, 0) is 37.9 Å². The number of hydrogen-bond acceptors (Lipinski definition) is 11. The van der Waals surface area contributed by atoms with Gasteiger partial charge in [-0.1, -0.05) is 101 Å². The minimum atomic E-state index is -1.73. The van der Waals surface area contributed by atoms with Crippen molar-refractivity contribution in [2.75, 3.05) is 16.8 Å². The minimum absolute atomic E-state index is 0.133. The molecule has 0 radical (unpaired) electrons. The van der Waals surface area contributed by atoms with Crippen LogP contribution in [0.1, 0.15) is 69.2 Å². The van der Waals surface area contributed by atoms with Crippen molar-refractivity contribution in [3.63, 3.8) is 0 Å². The zero-order valence-electron chi connectivity index (χ0n) is 34.4. The molecule has 2 saturated heterocycles. The number of anilines is 2. The molecule has 0 saturated carbocycles. The molecule has 0 spiro atoms. The van der Waals surface area contributed by atoms with Crippen LogP contribution in [0, 0.1) is 11.8 Å². The molecule has 8 atom stereocenters. The third-order valence-electron chi connectivity index (χ3n) is 11.9. The standard InChI is InChI=1S/C22H26N4O3.C22H26N4O2.CH2Cl2/c1-4-21(5-2)15(3)19(28-13-16-9-7-6-8-10-16)22(27,29-21)18-12-11-17-20(23)24-14-25-26(17)18;1-4-22(5-2)15(3)19(27-13-16-9-7-6-8-10-16)20(28-22)17-11-12-18-21(23)24-14-25-26(17)18;2-1-3/h4,6-12,14-15,19,27H,1,5,13H2,2-3H3,(H2,23,24,25);4,6-12,14-15,19-20H,1,5,13H2,2-3H3,(H2,23,24,25);1H2/t15-,19+,21+,22?;15-,19+,20-,22+;/m00./s1. The molecule has 0 bridgehead atoms. The molecule has 15 heteroatoms. The lowest BCUT2D eigenvalue weighted by atomic mass is 9.83. The second kappa shape index (κ2) is 19.2. The second-order valence-electron chi connectivity index (χ2n) is 14.9. The first-order valence-corrected chi connectivity index (χ1v) is 21.0. The predicted octanol–water partition coefficient (Wildman–Crippen LogP) is 8.40. The number of fused-ring (bicyclic) bond motifs is 2. The number of aromatic nitrogens is 6. The number of alkyl halides is 2. The summed E-state index contributed by atoms with van der Waals surface area (Å²) in [7, 11) is 0. The normalized spacial score (nSPS) is 27.2. The van der Waals surface area contributed by atoms with E-state index in [4.69, 9.17) is 53.6 Å². The fourth-order valence-corrected chi connectivity index (χ4v) is 8.39. The highest BCUT2D eigenvalue weighted by Gasteiger charge is 2.61. The van der Waals surface area contributed by atoms with E-state index in [1.807, 2.05) is 80.6 Å². The highest BCUT2D eigenvalue weighted by Crippen LogP contribution is 2.51. The van der Waals surface area contributed by atoms with Crippen molar-refractivity contribution in [1.82, 2.24) is 29.2 Å². The Morgan fingerprint density at radius 3 is 1.82 bits per heavy atom. The van der Waals surface area contributed by atoms with Gasteiger partial charge in [-0.3, -0.25) is 0 Å². The van der Waals surface area contributed by atoms with Crippen LogP contribution in [0.2, 0.25) is 0 Å². The Kier molecular flexibility index (Phi) is 14.3. The summed E-state index contributed by atoms with van der Waals surface area (Å²) >= 11 is 9.53. The highest BCUT2D eigenvalue weighted by atomic mass is 35.5. The summed E-state index contributed by atoms with van der Waals surface area (Å²) in [6.07, 6.45) is 6.88. The van der Waals surface area contributed by atoms with Crippen LogP contribution < -0.4 is 11.5 Å². The van der Waals surface area contributed by atoms with Gasteiger partial charge in [-0.15, -0.1) is 36.4 Å². The molecular weight excluding hydrogens is 803 g/mol. The Bertz CT molecular complexity index is 2350. The van der Waals surface area contributed by atoms with Gasteiger partial charge < -0.3 is 35.5 Å². The van der Waals surface area contributed by atoms with Gasteiger partial charge in [0.25, 0.3) is 0 Å². The quantitative estimate of drug-likeness (QED) is 0.0798. The summed E-state index contributed by atoms with van der Waals surface area (Å²) in [5.41, 5.74) is 15.7. The molecule has 2 aromatic carbocycles. The Labute approximate surface area is 360 Å². The topological polar surface area (TPSA) is 170 Å². The van der Waals surface area contributed by atoms with Gasteiger partial charge in [-0.25, -0.2) is 19.0 Å². The number of halogens is 2. The summed E-state index contributed by atoms with van der Waals surface area (Å²) in [6, 6.07) is 27.5. The summed E-state index contributed by atoms with van der Waals surface area (Å²) < 4.78 is 29.0. The molecular formula is C45H54Cl2N8O5. The molecule has 13 nitrogen and oxygen atoms in total. The molecule has 4 aromatic heterocycles. The van der Waals surface area contributed by atoms with Crippen LogP contribution in [0.5, 0.6) is 0 Å². The second-order valence-corrected chi connectivity index (χ2v) is 15.7. The smallest absolute Gasteiger partial charge is 0.238 e. The molecule has 0 amide bonds. The van der Waals surface area contributed by atoms with E-state index in [-0.39, 0.29) is 29.4 Å². The van der Waals surface area contributed by atoms with Gasteiger partial charge in [0.1, 0.15) is 41.6 Å². The lowest BCUT2D eigenvalue weighted by Gasteiger charge is -2.30. The molecule has 2 aliphatic heterocycles. The number of rotatable bonds is 12. The van der Waals surface area contributed by atoms with Gasteiger partial charge >= 0.3 is 0 Å². The van der Waals surface area contributed by atoms with E-state index in [2.05, 4.69) is 59.3 Å². The predicted molar refractivity (Wildman–Crippen MR) is 235 cm³/mol. The van der Waals surface area contributed by atoms with Crippen molar-refractivity contribution in [3.8, 4) is 0 Å². The number of ether oxygens (including phenoxy) is 4. The third kappa shape index (κ3) is 8.53. The monoisotopic (exact) mass is 856 g/mol. The van der Waals surface area contributed by atoms with Crippen LogP contribution in [-0.4, -0.2) is 63.1 Å². The first kappa shape index (κ1) is 44.7. The van der Waals surface area contributed by atoms with Gasteiger partial charge in [-0.2, -0.15) is 10.2 Å². The van der Waals surface area contributed by atoms with Gasteiger partial charge in [-0.05, 0) is 48.2 Å². The number of hydrogen-bond donors (Lipinski definition) is 3. The summed E-state index contributed by atoms with van der Waals surface area (Å²) in [6.45, 7) is 17.2. The number of nitrogen functional groups attached to an aromatic ring is 2. The highest BCUT2D eigenvalue weighted by molar-refractivity contribution is 6.40. The average molecular weight is 858 g/mol. The fourth-order valence-electron chi connectivity index (χ4n) is 8.39. The third-order valence-corrected chi connectivity index (χ3v) is 11.9. The van der Waals surface area contributed by atoms with Crippen LogP contribution in [0.15, 0.2) is 123 Å². The van der Waals surface area contributed by atoms with Gasteiger partial charge in [0.2, 0.25) is 5.79 Å². The largest absolute Gasteiger partial charge is 0.382 e. The molecule has 6 aromatic rings. The number of nitrogens with zero attached hydrogens (tertiary/aromatic N) is 6. The first-order chi connectivity index (χ1) is 29.0. The summed E-state index contributed by atoms with van der Waals surface area (Å²) in [5, 5.41) is 20.7. The number of nitrogens with two attached hydrogens (primary N) is 2. The van der Waals surface area contributed by atoms with Crippen molar-refractivity contribution in [2.45, 2.75) is 89.1 Å². The maximum atomic E-state index is 11.8. The molecule has 60 heavy (non-hydrogen) atoms. The molecule has 5 N–H and O–H groups in total. The molecule has 1 unspecified atom stereocenters. The minimum Gasteiger partial charge on any atom is -0.382 e. The van der Waals surface area contributed by atoms with E-state index in [0.717, 1.165) is 28.8 Å². The molecule has 0 aliphatic carbocycles. The Morgan fingerprint density at radius 2 is 1.27 bits per heavy atom. The lowest BCUT2D eigenvalue weighted by Crippen LogP contribution is -2.41. The molecule has 8 rings (SSSR count). The fraction of sp³-hybridized carbons (Fsp3) is 0.378. The van der Waals surface area contributed by atoms with Crippen LogP contribution in [0.4, 0.5) is 11.6 Å². The average Bonchev–Trinajstić information content (AvgIpc) is 4.03. The van der Waals surface area contributed by atoms with E-state index in [1.165, 1.54) is 12.7 Å². The van der Waals surface area contributed by atoms with Gasteiger partial charge in [0.05, 0.1) is 41.6 Å². The van der Waals surface area contributed by atoms with Crippen molar-refractivity contribution in [3.05, 3.63) is 145 Å². The van der Waals surface area contributed by atoms with E-state index >= 15 is 0 Å². The Hall–Kier alpha value is -4.86. The van der Waals surface area contributed by atoms with Crippen molar-refractivity contribution < 1.29 is 24.1 Å². The molecule has 2 aliphatic rings. The molecule has 6 heterocycles. The zero-order chi connectivity index (χ0) is 43.1. The Balaban J connectivity index is 0.000000189. The van der Waals surface area contributed by atoms with Gasteiger partial charge in [0, 0.05) is 11.8 Å². The molecule has 2 fully saturated rings. The summed E-state index contributed by atoms with van der Waals surface area (Å²) in [5.74, 6) is -0.976. The van der Waals surface area contributed by atoms with E-state index in [1.54, 1.807) is 27.2 Å². The van der Waals surface area contributed by atoms with E-state index in [9.17, 15) is 5.11 Å². The summed E-state index contributed by atoms with van der Waals surface area (Å²) in [4.78, 5) is 8.09. The molecule has 318 valence electrons. The maximum Gasteiger partial charge on any atom is 0.238 e. The first-order valence-electron chi connectivity index (χ1n) is 19.9. The van der Waals surface area contributed by atoms with Gasteiger partial charge in [0.15, 0.2) is 11.6 Å². The SMILES string of the molecule is C=C[C@]1(CC)OC(O)(c2ccc3c(N)ncnn23)[C@H](OCc2ccccc2)[C@@H]1C.C=C[C@]1(CC)O[C@@H](c2ccc3c(N)ncnn23)[C@H](OCc2ccccc2)[C@@H]1C.ClCCl. The van der Waals surface area contributed by atoms with E-state index < -0.39 is 23.1 Å². The Morgan fingerprint density at radius 1 is 0.750 bits per heavy atom. The van der Waals surface area contributed by atoms with Crippen LogP contribution >= 0.6 is 23.2 Å². The van der Waals surface area contributed by atoms with Crippen molar-refractivity contribution in [2.24, 2.45) is 11.8 Å². The number of benzene rings is 2.